The van der Waals surface area contributed by atoms with Gasteiger partial charge in [-0.15, -0.1) is 0 Å². The summed E-state index contributed by atoms with van der Waals surface area (Å²) < 4.78 is 20.9. The maximum absolute atomic E-state index is 11.2. The van der Waals surface area contributed by atoms with E-state index in [0.29, 0.717) is 57.5 Å². The predicted octanol–water partition coefficient (Wildman–Crippen LogP) is 1.99. The monoisotopic (exact) mass is 379 g/mol. The number of aromatic nitrogens is 1. The van der Waals surface area contributed by atoms with Gasteiger partial charge in [-0.25, -0.2) is 0 Å². The fourth-order valence-electron chi connectivity index (χ4n) is 1.73. The van der Waals surface area contributed by atoms with Gasteiger partial charge in [-0.3, -0.25) is 4.79 Å². The van der Waals surface area contributed by atoms with Gasteiger partial charge in [-0.1, -0.05) is 21.1 Å². The molecule has 0 bridgehead atoms. The number of hydrogen-bond donors (Lipinski definition) is 1. The Kier molecular flexibility index (Phi) is 10.1. The Morgan fingerprint density at radius 3 is 2.32 bits per heavy atom. The SMILES string of the molecule is Cc1cc(C(CCOCCOCCOCCBr)C(=O)O)on1. The lowest BCUT2D eigenvalue weighted by molar-refractivity contribution is -0.139. The van der Waals surface area contributed by atoms with E-state index in [0.717, 1.165) is 5.33 Å². The van der Waals surface area contributed by atoms with Crippen molar-refractivity contribution < 1.29 is 28.6 Å². The lowest BCUT2D eigenvalue weighted by Gasteiger charge is -2.09. The first kappa shape index (κ1) is 19.1. The van der Waals surface area contributed by atoms with Gasteiger partial charge < -0.3 is 23.8 Å². The molecule has 8 heteroatoms. The molecule has 0 aliphatic carbocycles. The summed E-state index contributed by atoms with van der Waals surface area (Å²) >= 11 is 3.26. The predicted molar refractivity (Wildman–Crippen MR) is 82.5 cm³/mol. The molecule has 0 amide bonds. The van der Waals surface area contributed by atoms with Crippen LogP contribution in [0.1, 0.15) is 23.8 Å². The van der Waals surface area contributed by atoms with Crippen LogP contribution in [0.25, 0.3) is 0 Å². The molecule has 0 saturated heterocycles. The fraction of sp³-hybridized carbons (Fsp3) is 0.714. The number of halogens is 1. The second kappa shape index (κ2) is 11.6. The number of aryl methyl sites for hydroxylation is 1. The topological polar surface area (TPSA) is 91.0 Å². The average molecular weight is 380 g/mol. The van der Waals surface area contributed by atoms with Gasteiger partial charge in [0.05, 0.1) is 38.7 Å². The van der Waals surface area contributed by atoms with Gasteiger partial charge in [0, 0.05) is 18.0 Å². The summed E-state index contributed by atoms with van der Waals surface area (Å²) in [6.07, 6.45) is 0.332. The Morgan fingerprint density at radius 2 is 1.82 bits per heavy atom. The third-order valence-corrected chi connectivity index (χ3v) is 3.13. The summed E-state index contributed by atoms with van der Waals surface area (Å²) in [6, 6.07) is 1.63. The smallest absolute Gasteiger partial charge is 0.314 e. The first-order chi connectivity index (χ1) is 10.6. The van der Waals surface area contributed by atoms with E-state index in [1.807, 2.05) is 0 Å². The van der Waals surface area contributed by atoms with Crippen LogP contribution in [0.3, 0.4) is 0 Å². The molecule has 7 nitrogen and oxygen atoms in total. The van der Waals surface area contributed by atoms with Gasteiger partial charge >= 0.3 is 5.97 Å². The lowest BCUT2D eigenvalue weighted by Crippen LogP contribution is -2.15. The Morgan fingerprint density at radius 1 is 1.23 bits per heavy atom. The maximum Gasteiger partial charge on any atom is 0.314 e. The summed E-state index contributed by atoms with van der Waals surface area (Å²) in [5.41, 5.74) is 0.665. The van der Waals surface area contributed by atoms with Gasteiger partial charge in [0.2, 0.25) is 0 Å². The van der Waals surface area contributed by atoms with E-state index in [4.69, 9.17) is 18.7 Å². The van der Waals surface area contributed by atoms with Crippen molar-refractivity contribution in [3.05, 3.63) is 17.5 Å². The zero-order chi connectivity index (χ0) is 16.2. The van der Waals surface area contributed by atoms with Crippen LogP contribution in [0.4, 0.5) is 0 Å². The number of ether oxygens (including phenoxy) is 3. The Labute approximate surface area is 138 Å². The second-order valence-electron chi connectivity index (χ2n) is 4.58. The molecule has 0 fully saturated rings. The molecule has 1 rings (SSSR count). The van der Waals surface area contributed by atoms with Gasteiger partial charge in [0.1, 0.15) is 5.92 Å². The number of nitrogens with zero attached hydrogens (tertiary/aromatic N) is 1. The minimum atomic E-state index is -0.944. The minimum Gasteiger partial charge on any atom is -0.481 e. The number of carbonyl (C=O) groups is 1. The van der Waals surface area contributed by atoms with Crippen LogP contribution in [0.2, 0.25) is 0 Å². The van der Waals surface area contributed by atoms with Crippen LogP contribution in [0, 0.1) is 6.92 Å². The summed E-state index contributed by atoms with van der Waals surface area (Å²) in [5, 5.41) is 13.7. The quantitative estimate of drug-likeness (QED) is 0.413. The Hall–Kier alpha value is -0.960. The van der Waals surface area contributed by atoms with Crippen LogP contribution in [-0.4, -0.2) is 61.2 Å². The molecule has 1 unspecified atom stereocenters. The van der Waals surface area contributed by atoms with Crippen molar-refractivity contribution in [2.24, 2.45) is 0 Å². The molecule has 1 aromatic rings. The van der Waals surface area contributed by atoms with Gasteiger partial charge in [0.25, 0.3) is 0 Å². The number of alkyl halides is 1. The highest BCUT2D eigenvalue weighted by Crippen LogP contribution is 2.20. The highest BCUT2D eigenvalue weighted by atomic mass is 79.9. The van der Waals surface area contributed by atoms with E-state index in [1.54, 1.807) is 13.0 Å². The molecule has 0 aliphatic rings. The summed E-state index contributed by atoms with van der Waals surface area (Å²) in [4.78, 5) is 11.2. The lowest BCUT2D eigenvalue weighted by atomic mass is 10.0. The Balaban J connectivity index is 2.08. The number of aliphatic carboxylic acids is 1. The zero-order valence-electron chi connectivity index (χ0n) is 12.6. The maximum atomic E-state index is 11.2. The number of hydrogen-bond acceptors (Lipinski definition) is 6. The summed E-state index contributed by atoms with van der Waals surface area (Å²) in [6.45, 7) is 4.68. The van der Waals surface area contributed by atoms with Crippen LogP contribution in [0.5, 0.6) is 0 Å². The fourth-order valence-corrected chi connectivity index (χ4v) is 1.96. The van der Waals surface area contributed by atoms with E-state index < -0.39 is 11.9 Å². The Bertz CT molecular complexity index is 425. The molecule has 1 atom stereocenters. The molecule has 0 saturated carbocycles. The third kappa shape index (κ3) is 7.88. The van der Waals surface area contributed by atoms with E-state index in [-0.39, 0.29) is 0 Å². The highest BCUT2D eigenvalue weighted by Gasteiger charge is 2.23. The summed E-state index contributed by atoms with van der Waals surface area (Å²) in [7, 11) is 0. The zero-order valence-corrected chi connectivity index (χ0v) is 14.2. The molecule has 1 heterocycles. The van der Waals surface area contributed by atoms with Crippen molar-refractivity contribution in [2.75, 3.05) is 45.0 Å². The van der Waals surface area contributed by atoms with Crippen molar-refractivity contribution in [3.63, 3.8) is 0 Å². The molecule has 0 aromatic carbocycles. The largest absolute Gasteiger partial charge is 0.481 e. The van der Waals surface area contributed by atoms with Crippen molar-refractivity contribution in [1.82, 2.24) is 5.16 Å². The second-order valence-corrected chi connectivity index (χ2v) is 5.37. The molecule has 0 radical (unpaired) electrons. The number of carboxylic acid groups (broad SMARTS) is 1. The standard InChI is InChI=1S/C14H22BrNO6/c1-11-10-13(22-16-11)12(14(17)18)2-4-19-6-8-21-9-7-20-5-3-15/h10,12H,2-9H2,1H3,(H,17,18). The van der Waals surface area contributed by atoms with E-state index in [9.17, 15) is 9.90 Å². The molecular weight excluding hydrogens is 358 g/mol. The molecule has 0 aliphatic heterocycles. The highest BCUT2D eigenvalue weighted by molar-refractivity contribution is 9.09. The molecule has 0 spiro atoms. The van der Waals surface area contributed by atoms with Crippen molar-refractivity contribution >= 4 is 21.9 Å². The van der Waals surface area contributed by atoms with Crippen LogP contribution < -0.4 is 0 Å². The van der Waals surface area contributed by atoms with E-state index in [2.05, 4.69) is 21.1 Å². The molecule has 22 heavy (non-hydrogen) atoms. The molecule has 1 aromatic heterocycles. The number of rotatable bonds is 13. The number of carboxylic acids is 1. The molecule has 1 N–H and O–H groups in total. The first-order valence-corrected chi connectivity index (χ1v) is 8.22. The van der Waals surface area contributed by atoms with Crippen molar-refractivity contribution in [1.29, 1.82) is 0 Å². The van der Waals surface area contributed by atoms with Crippen molar-refractivity contribution in [2.45, 2.75) is 19.3 Å². The van der Waals surface area contributed by atoms with Gasteiger partial charge in [-0.2, -0.15) is 0 Å². The van der Waals surface area contributed by atoms with E-state index in [1.165, 1.54) is 0 Å². The van der Waals surface area contributed by atoms with Gasteiger partial charge in [-0.05, 0) is 13.3 Å². The van der Waals surface area contributed by atoms with Crippen LogP contribution in [-0.2, 0) is 19.0 Å². The van der Waals surface area contributed by atoms with Crippen LogP contribution in [0.15, 0.2) is 10.6 Å². The average Bonchev–Trinajstić information content (AvgIpc) is 2.90. The first-order valence-electron chi connectivity index (χ1n) is 7.10. The summed E-state index contributed by atoms with van der Waals surface area (Å²) in [5.74, 6) is -1.33. The minimum absolute atomic E-state index is 0.320. The third-order valence-electron chi connectivity index (χ3n) is 2.80. The normalized spacial score (nSPS) is 12.5. The van der Waals surface area contributed by atoms with Gasteiger partial charge in [0.15, 0.2) is 5.76 Å². The molecular formula is C14H22BrNO6. The molecule has 126 valence electrons. The van der Waals surface area contributed by atoms with Crippen molar-refractivity contribution in [3.8, 4) is 0 Å². The van der Waals surface area contributed by atoms with E-state index >= 15 is 0 Å². The van der Waals surface area contributed by atoms with Crippen LogP contribution >= 0.6 is 15.9 Å².